The molecule has 0 aliphatic heterocycles. The van der Waals surface area contributed by atoms with Gasteiger partial charge in [0.15, 0.2) is 0 Å². The van der Waals surface area contributed by atoms with Crippen molar-refractivity contribution in [2.45, 2.75) is 37.1 Å². The molecule has 1 aromatic rings. The molecule has 0 aliphatic rings. The van der Waals surface area contributed by atoms with Crippen molar-refractivity contribution in [1.29, 1.82) is 0 Å². The lowest BCUT2D eigenvalue weighted by Gasteiger charge is -2.28. The lowest BCUT2D eigenvalue weighted by Crippen LogP contribution is -2.46. The summed E-state index contributed by atoms with van der Waals surface area (Å²) in [6, 6.07) is 4.59. The SMILES string of the molecule is CCC(C)(CCO)NS(=O)(=O)c1cc(OC)ccc1OC. The Morgan fingerprint density at radius 2 is 1.95 bits per heavy atom. The van der Waals surface area contributed by atoms with Gasteiger partial charge >= 0.3 is 0 Å². The van der Waals surface area contributed by atoms with Gasteiger partial charge in [0.2, 0.25) is 10.0 Å². The zero-order valence-electron chi connectivity index (χ0n) is 12.8. The predicted octanol–water partition coefficient (Wildman–Crippen LogP) is 1.53. The summed E-state index contributed by atoms with van der Waals surface area (Å²) in [5, 5.41) is 9.10. The Morgan fingerprint density at radius 1 is 1.29 bits per heavy atom. The largest absolute Gasteiger partial charge is 0.497 e. The van der Waals surface area contributed by atoms with Gasteiger partial charge in [-0.1, -0.05) is 6.92 Å². The number of methoxy groups -OCH3 is 2. The van der Waals surface area contributed by atoms with E-state index in [0.29, 0.717) is 18.6 Å². The monoisotopic (exact) mass is 317 g/mol. The predicted molar refractivity (Wildman–Crippen MR) is 80.3 cm³/mol. The van der Waals surface area contributed by atoms with Gasteiger partial charge in [0.05, 0.1) is 14.2 Å². The van der Waals surface area contributed by atoms with E-state index in [1.807, 2.05) is 6.92 Å². The molecule has 0 radical (unpaired) electrons. The second-order valence-electron chi connectivity index (χ2n) is 5.01. The smallest absolute Gasteiger partial charge is 0.244 e. The highest BCUT2D eigenvalue weighted by molar-refractivity contribution is 7.89. The van der Waals surface area contributed by atoms with Gasteiger partial charge in [-0.25, -0.2) is 13.1 Å². The molecule has 0 spiro atoms. The van der Waals surface area contributed by atoms with E-state index in [1.165, 1.54) is 20.3 Å². The van der Waals surface area contributed by atoms with Crippen molar-refractivity contribution in [3.05, 3.63) is 18.2 Å². The van der Waals surface area contributed by atoms with Gasteiger partial charge in [-0.05, 0) is 31.9 Å². The van der Waals surface area contributed by atoms with Crippen LogP contribution in [-0.4, -0.2) is 39.9 Å². The van der Waals surface area contributed by atoms with E-state index in [9.17, 15) is 8.42 Å². The second kappa shape index (κ2) is 7.11. The zero-order valence-corrected chi connectivity index (χ0v) is 13.7. The number of sulfonamides is 1. The van der Waals surface area contributed by atoms with Crippen molar-refractivity contribution in [3.8, 4) is 11.5 Å². The molecular weight excluding hydrogens is 294 g/mol. The molecule has 6 nitrogen and oxygen atoms in total. The maximum absolute atomic E-state index is 12.6. The molecule has 7 heteroatoms. The highest BCUT2D eigenvalue weighted by Gasteiger charge is 2.30. The number of nitrogens with one attached hydrogen (secondary N) is 1. The van der Waals surface area contributed by atoms with Crippen molar-refractivity contribution in [1.82, 2.24) is 4.72 Å². The average molecular weight is 317 g/mol. The molecule has 0 saturated carbocycles. The molecule has 120 valence electrons. The zero-order chi connectivity index (χ0) is 16.1. The minimum Gasteiger partial charge on any atom is -0.497 e. The van der Waals surface area contributed by atoms with Crippen molar-refractivity contribution < 1.29 is 23.0 Å². The number of benzene rings is 1. The van der Waals surface area contributed by atoms with Crippen LogP contribution in [-0.2, 0) is 10.0 Å². The molecule has 0 saturated heterocycles. The van der Waals surface area contributed by atoms with Crippen molar-refractivity contribution in [2.75, 3.05) is 20.8 Å². The summed E-state index contributed by atoms with van der Waals surface area (Å²) in [4.78, 5) is 0.0157. The topological polar surface area (TPSA) is 84.9 Å². The first kappa shape index (κ1) is 17.7. The van der Waals surface area contributed by atoms with Crippen LogP contribution in [0.3, 0.4) is 0 Å². The van der Waals surface area contributed by atoms with Gasteiger partial charge in [-0.15, -0.1) is 0 Å². The normalized spacial score (nSPS) is 14.5. The Bertz CT molecular complexity index is 573. The summed E-state index contributed by atoms with van der Waals surface area (Å²) in [6.45, 7) is 3.52. The fraction of sp³-hybridized carbons (Fsp3) is 0.571. The van der Waals surface area contributed by atoms with Gasteiger partial charge in [0, 0.05) is 18.2 Å². The summed E-state index contributed by atoms with van der Waals surface area (Å²) in [6.07, 6.45) is 0.883. The van der Waals surface area contributed by atoms with E-state index in [4.69, 9.17) is 14.6 Å². The third-order valence-electron chi connectivity index (χ3n) is 3.48. The first-order valence-corrected chi connectivity index (χ1v) is 8.17. The fourth-order valence-corrected chi connectivity index (χ4v) is 3.61. The van der Waals surface area contributed by atoms with Gasteiger partial charge in [-0.2, -0.15) is 0 Å². The molecule has 0 fully saturated rings. The van der Waals surface area contributed by atoms with Crippen LogP contribution in [0.25, 0.3) is 0 Å². The van der Waals surface area contributed by atoms with E-state index in [-0.39, 0.29) is 17.3 Å². The minimum absolute atomic E-state index is 0.0157. The van der Waals surface area contributed by atoms with Gasteiger partial charge in [-0.3, -0.25) is 0 Å². The Labute approximate surface area is 126 Å². The quantitative estimate of drug-likeness (QED) is 0.759. The van der Waals surface area contributed by atoms with E-state index in [0.717, 1.165) is 0 Å². The second-order valence-corrected chi connectivity index (χ2v) is 6.66. The fourth-order valence-electron chi connectivity index (χ4n) is 1.92. The Balaban J connectivity index is 3.23. The van der Waals surface area contributed by atoms with Crippen LogP contribution < -0.4 is 14.2 Å². The number of ether oxygens (including phenoxy) is 2. The standard InChI is InChI=1S/C14H23NO5S/c1-5-14(2,8-9-16)15-21(17,18)13-10-11(19-3)6-7-12(13)20-4/h6-7,10,15-16H,5,8-9H2,1-4H3. The highest BCUT2D eigenvalue weighted by Crippen LogP contribution is 2.29. The van der Waals surface area contributed by atoms with Crippen molar-refractivity contribution >= 4 is 10.0 Å². The lowest BCUT2D eigenvalue weighted by atomic mass is 9.97. The molecule has 1 aromatic carbocycles. The average Bonchev–Trinajstić information content (AvgIpc) is 2.46. The summed E-state index contributed by atoms with van der Waals surface area (Å²) in [5.41, 5.74) is -0.721. The number of aliphatic hydroxyl groups is 1. The van der Waals surface area contributed by atoms with Crippen LogP contribution in [0, 0.1) is 0 Å². The summed E-state index contributed by atoms with van der Waals surface area (Å²) in [5.74, 6) is 0.669. The number of hydrogen-bond acceptors (Lipinski definition) is 5. The molecule has 0 amide bonds. The van der Waals surface area contributed by atoms with Crippen LogP contribution in [0.2, 0.25) is 0 Å². The van der Waals surface area contributed by atoms with E-state index < -0.39 is 15.6 Å². The molecule has 0 bridgehead atoms. The summed E-state index contributed by atoms with van der Waals surface area (Å²) in [7, 11) is -0.918. The van der Waals surface area contributed by atoms with Gasteiger partial charge in [0.1, 0.15) is 16.4 Å². The molecule has 0 aliphatic carbocycles. The first-order valence-electron chi connectivity index (χ1n) is 6.68. The Morgan fingerprint density at radius 3 is 2.43 bits per heavy atom. The summed E-state index contributed by atoms with van der Waals surface area (Å²) < 4.78 is 38.0. The highest BCUT2D eigenvalue weighted by atomic mass is 32.2. The molecule has 21 heavy (non-hydrogen) atoms. The van der Waals surface area contributed by atoms with Crippen LogP contribution in [0.1, 0.15) is 26.7 Å². The van der Waals surface area contributed by atoms with Crippen LogP contribution in [0.15, 0.2) is 23.1 Å². The number of aliphatic hydroxyl groups excluding tert-OH is 1. The van der Waals surface area contributed by atoms with Crippen molar-refractivity contribution in [2.24, 2.45) is 0 Å². The number of rotatable bonds is 8. The number of hydrogen-bond donors (Lipinski definition) is 2. The third kappa shape index (κ3) is 4.33. The Kier molecular flexibility index (Phi) is 6.00. The lowest BCUT2D eigenvalue weighted by molar-refractivity contribution is 0.233. The van der Waals surface area contributed by atoms with E-state index in [1.54, 1.807) is 19.1 Å². The maximum Gasteiger partial charge on any atom is 0.244 e. The van der Waals surface area contributed by atoms with Gasteiger partial charge < -0.3 is 14.6 Å². The van der Waals surface area contributed by atoms with Crippen LogP contribution in [0.4, 0.5) is 0 Å². The molecule has 0 aromatic heterocycles. The summed E-state index contributed by atoms with van der Waals surface area (Å²) >= 11 is 0. The molecule has 0 heterocycles. The third-order valence-corrected chi connectivity index (χ3v) is 5.14. The van der Waals surface area contributed by atoms with Gasteiger partial charge in [0.25, 0.3) is 0 Å². The molecular formula is C14H23NO5S. The van der Waals surface area contributed by atoms with Crippen LogP contribution in [0.5, 0.6) is 11.5 Å². The molecule has 2 N–H and O–H groups in total. The van der Waals surface area contributed by atoms with Crippen LogP contribution >= 0.6 is 0 Å². The van der Waals surface area contributed by atoms with Crippen molar-refractivity contribution in [3.63, 3.8) is 0 Å². The minimum atomic E-state index is -3.79. The maximum atomic E-state index is 12.6. The first-order chi connectivity index (χ1) is 9.81. The van der Waals surface area contributed by atoms with E-state index in [2.05, 4.69) is 4.72 Å². The molecule has 1 atom stereocenters. The molecule has 1 unspecified atom stereocenters. The Hall–Kier alpha value is -1.31. The van der Waals surface area contributed by atoms with E-state index >= 15 is 0 Å². The molecule has 1 rings (SSSR count).